The number of thiazole rings is 1. The highest BCUT2D eigenvalue weighted by atomic mass is 32.1. The number of thiophene rings is 1. The second-order valence-electron chi connectivity index (χ2n) is 11.5. The van der Waals surface area contributed by atoms with E-state index >= 15 is 0 Å². The molecule has 10 aromatic rings. The molecule has 6 aromatic carbocycles. The largest absolute Gasteiger partial charge is 0.285 e. The molecule has 0 spiro atoms. The lowest BCUT2D eigenvalue weighted by molar-refractivity contribution is 1.08. The maximum Gasteiger partial charge on any atom is 0.195 e. The minimum atomic E-state index is 0.643. The van der Waals surface area contributed by atoms with Crippen LogP contribution >= 0.6 is 22.7 Å². The van der Waals surface area contributed by atoms with E-state index in [9.17, 15) is 0 Å². The van der Waals surface area contributed by atoms with Gasteiger partial charge in [0.25, 0.3) is 0 Å². The molecule has 4 heterocycles. The topological polar surface area (TPSA) is 56.5 Å². The van der Waals surface area contributed by atoms with E-state index in [2.05, 4.69) is 120 Å². The molecular formula is C40H23N5S2. The number of rotatable bonds is 4. The number of fused-ring (bicyclic) bond motifs is 7. The van der Waals surface area contributed by atoms with Crippen molar-refractivity contribution < 1.29 is 0 Å². The number of aromatic nitrogens is 5. The SMILES string of the molecule is c1ccc(-c2nc(-c3cccc4c3sc3ccccc34)nc(-c3cccc4c3c3ccccc3n4-c3nc4ccccc4s3)n2)cc1. The molecule has 4 aromatic heterocycles. The Balaban J connectivity index is 1.26. The van der Waals surface area contributed by atoms with Gasteiger partial charge in [-0.15, -0.1) is 11.3 Å². The standard InChI is InChI=1S/C40H23N5S2/c1-2-12-24(13-3-1)37-42-38(44-39(43-37)29-18-10-16-26-25-14-5-8-22-33(25)46-36(26)29)28-17-11-21-32-35(28)27-15-4-7-20-31(27)45(32)40-41-30-19-6-9-23-34(30)47-40/h1-23H. The second kappa shape index (κ2) is 10.4. The molecular weight excluding hydrogens is 615 g/mol. The van der Waals surface area contributed by atoms with Gasteiger partial charge in [-0.25, -0.2) is 19.9 Å². The van der Waals surface area contributed by atoms with Gasteiger partial charge < -0.3 is 0 Å². The van der Waals surface area contributed by atoms with Crippen LogP contribution in [-0.2, 0) is 0 Å². The first kappa shape index (κ1) is 26.5. The van der Waals surface area contributed by atoms with Crippen molar-refractivity contribution in [1.29, 1.82) is 0 Å². The average Bonchev–Trinajstić information content (AvgIpc) is 3.83. The summed E-state index contributed by atoms with van der Waals surface area (Å²) in [6, 6.07) is 48.4. The Hall–Kier alpha value is -5.76. The van der Waals surface area contributed by atoms with E-state index < -0.39 is 0 Å². The average molecular weight is 638 g/mol. The van der Waals surface area contributed by atoms with Crippen LogP contribution in [0.3, 0.4) is 0 Å². The molecule has 10 rings (SSSR count). The summed E-state index contributed by atoms with van der Waals surface area (Å²) in [7, 11) is 0. The molecule has 0 bridgehead atoms. The highest BCUT2D eigenvalue weighted by Crippen LogP contribution is 2.42. The fourth-order valence-corrected chi connectivity index (χ4v) is 8.83. The molecule has 0 aliphatic carbocycles. The number of nitrogens with zero attached hydrogens (tertiary/aromatic N) is 5. The van der Waals surface area contributed by atoms with E-state index in [4.69, 9.17) is 19.9 Å². The van der Waals surface area contributed by atoms with Gasteiger partial charge in [-0.1, -0.05) is 114 Å². The third-order valence-electron chi connectivity index (χ3n) is 8.73. The van der Waals surface area contributed by atoms with Gasteiger partial charge in [-0.3, -0.25) is 4.57 Å². The summed E-state index contributed by atoms with van der Waals surface area (Å²) in [6.07, 6.45) is 0. The summed E-state index contributed by atoms with van der Waals surface area (Å²) in [5.74, 6) is 1.96. The fraction of sp³-hybridized carbons (Fsp3) is 0. The molecule has 0 N–H and O–H groups in total. The van der Waals surface area contributed by atoms with Crippen LogP contribution in [0.2, 0.25) is 0 Å². The molecule has 0 saturated carbocycles. The summed E-state index contributed by atoms with van der Waals surface area (Å²) in [5.41, 5.74) is 6.08. The first-order valence-electron chi connectivity index (χ1n) is 15.4. The Morgan fingerprint density at radius 1 is 0.426 bits per heavy atom. The van der Waals surface area contributed by atoms with Crippen molar-refractivity contribution in [1.82, 2.24) is 24.5 Å². The minimum Gasteiger partial charge on any atom is -0.285 e. The van der Waals surface area contributed by atoms with Gasteiger partial charge in [0.05, 0.1) is 21.3 Å². The van der Waals surface area contributed by atoms with Crippen LogP contribution in [0.5, 0.6) is 0 Å². The minimum absolute atomic E-state index is 0.643. The van der Waals surface area contributed by atoms with Crippen LogP contribution in [0.25, 0.3) is 91.5 Å². The number of benzene rings is 6. The normalized spacial score (nSPS) is 11.8. The van der Waals surface area contributed by atoms with E-state index in [0.29, 0.717) is 17.5 Å². The molecule has 0 amide bonds. The number of hydrogen-bond acceptors (Lipinski definition) is 6. The van der Waals surface area contributed by atoms with E-state index in [1.807, 2.05) is 24.3 Å². The lowest BCUT2D eigenvalue weighted by Crippen LogP contribution is -2.00. The molecule has 0 fully saturated rings. The third kappa shape index (κ3) is 4.14. The summed E-state index contributed by atoms with van der Waals surface area (Å²) in [6.45, 7) is 0. The van der Waals surface area contributed by atoms with Gasteiger partial charge in [0, 0.05) is 47.6 Å². The first-order valence-corrected chi connectivity index (χ1v) is 17.0. The Bertz CT molecular complexity index is 2780. The maximum absolute atomic E-state index is 5.26. The monoisotopic (exact) mass is 637 g/mol. The molecule has 0 unspecified atom stereocenters. The van der Waals surface area contributed by atoms with Gasteiger partial charge in [-0.2, -0.15) is 0 Å². The zero-order chi connectivity index (χ0) is 30.9. The lowest BCUT2D eigenvalue weighted by atomic mass is 10.0. The summed E-state index contributed by atoms with van der Waals surface area (Å²) >= 11 is 3.48. The van der Waals surface area contributed by atoms with Crippen LogP contribution in [0.15, 0.2) is 140 Å². The highest BCUT2D eigenvalue weighted by Gasteiger charge is 2.21. The molecule has 47 heavy (non-hydrogen) atoms. The van der Waals surface area contributed by atoms with E-state index in [1.54, 1.807) is 22.7 Å². The molecule has 5 nitrogen and oxygen atoms in total. The molecule has 0 aliphatic rings. The van der Waals surface area contributed by atoms with Crippen LogP contribution in [0.4, 0.5) is 0 Å². The van der Waals surface area contributed by atoms with E-state index in [-0.39, 0.29) is 0 Å². The summed E-state index contributed by atoms with van der Waals surface area (Å²) in [5, 5.41) is 5.63. The number of para-hydroxylation sites is 2. The molecule has 7 heteroatoms. The van der Waals surface area contributed by atoms with Crippen LogP contribution in [0, 0.1) is 0 Å². The van der Waals surface area contributed by atoms with Crippen molar-refractivity contribution >= 4 is 74.9 Å². The van der Waals surface area contributed by atoms with Crippen LogP contribution in [0.1, 0.15) is 0 Å². The fourth-order valence-electron chi connectivity index (χ4n) is 6.62. The van der Waals surface area contributed by atoms with Crippen molar-refractivity contribution in [2.24, 2.45) is 0 Å². The Morgan fingerprint density at radius 3 is 1.94 bits per heavy atom. The van der Waals surface area contributed by atoms with E-state index in [0.717, 1.165) is 53.8 Å². The second-order valence-corrected chi connectivity index (χ2v) is 13.5. The van der Waals surface area contributed by atoms with Crippen molar-refractivity contribution in [2.45, 2.75) is 0 Å². The third-order valence-corrected chi connectivity index (χ3v) is 11.0. The number of hydrogen-bond donors (Lipinski definition) is 0. The molecule has 0 atom stereocenters. The summed E-state index contributed by atoms with van der Waals surface area (Å²) in [4.78, 5) is 20.6. The Morgan fingerprint density at radius 2 is 1.06 bits per heavy atom. The van der Waals surface area contributed by atoms with Crippen molar-refractivity contribution in [3.05, 3.63) is 140 Å². The highest BCUT2D eigenvalue weighted by molar-refractivity contribution is 7.26. The zero-order valence-electron chi connectivity index (χ0n) is 24.8. The molecule has 0 radical (unpaired) electrons. The van der Waals surface area contributed by atoms with Gasteiger partial charge in [0.15, 0.2) is 22.6 Å². The molecule has 0 aliphatic heterocycles. The van der Waals surface area contributed by atoms with Gasteiger partial charge in [0.1, 0.15) is 0 Å². The van der Waals surface area contributed by atoms with E-state index in [1.165, 1.54) is 20.2 Å². The predicted octanol–water partition coefficient (Wildman–Crippen LogP) is 10.9. The van der Waals surface area contributed by atoms with Crippen LogP contribution in [-0.4, -0.2) is 24.5 Å². The smallest absolute Gasteiger partial charge is 0.195 e. The van der Waals surface area contributed by atoms with Crippen molar-refractivity contribution in [3.63, 3.8) is 0 Å². The van der Waals surface area contributed by atoms with Gasteiger partial charge in [-0.05, 0) is 36.4 Å². The molecule has 220 valence electrons. The zero-order valence-corrected chi connectivity index (χ0v) is 26.5. The molecule has 0 saturated heterocycles. The van der Waals surface area contributed by atoms with Gasteiger partial charge in [0.2, 0.25) is 0 Å². The first-order chi connectivity index (χ1) is 23.3. The van der Waals surface area contributed by atoms with Crippen molar-refractivity contribution in [2.75, 3.05) is 0 Å². The Kier molecular flexibility index (Phi) is 5.85. The maximum atomic E-state index is 5.26. The van der Waals surface area contributed by atoms with Gasteiger partial charge >= 0.3 is 0 Å². The Labute approximate surface area is 277 Å². The van der Waals surface area contributed by atoms with Crippen LogP contribution < -0.4 is 0 Å². The summed E-state index contributed by atoms with van der Waals surface area (Å²) < 4.78 is 5.86. The quantitative estimate of drug-likeness (QED) is 0.193. The predicted molar refractivity (Wildman–Crippen MR) is 197 cm³/mol. The lowest BCUT2D eigenvalue weighted by Gasteiger charge is -2.10. The van der Waals surface area contributed by atoms with Crippen molar-refractivity contribution in [3.8, 4) is 39.3 Å².